The van der Waals surface area contributed by atoms with Crippen LogP contribution in [0.25, 0.3) is 11.1 Å². The van der Waals surface area contributed by atoms with Crippen molar-refractivity contribution in [2.45, 2.75) is 20.4 Å². The molecule has 0 spiro atoms. The quantitative estimate of drug-likeness (QED) is 0.673. The normalized spacial score (nSPS) is 10.6. The van der Waals surface area contributed by atoms with Gasteiger partial charge in [0.2, 0.25) is 0 Å². The molecule has 0 aliphatic carbocycles. The van der Waals surface area contributed by atoms with Gasteiger partial charge in [0.15, 0.2) is 0 Å². The summed E-state index contributed by atoms with van der Waals surface area (Å²) in [6.07, 6.45) is 0. The van der Waals surface area contributed by atoms with Gasteiger partial charge in [-0.2, -0.15) is 5.26 Å². The standard InChI is InChI=1S/C17H21N5O/c1-10(2)9-21-17-14(8-19)15(13(7-18)16(20)22-17)11-4-3-5-12(23)6-11/h3-6,10,23H,7,9,18H2,1-2H3,(H3,20,21,22). The van der Waals surface area contributed by atoms with Crippen LogP contribution in [0.3, 0.4) is 0 Å². The summed E-state index contributed by atoms with van der Waals surface area (Å²) in [7, 11) is 0. The number of aromatic hydroxyl groups is 1. The largest absolute Gasteiger partial charge is 0.508 e. The Morgan fingerprint density at radius 3 is 2.70 bits per heavy atom. The fourth-order valence-electron chi connectivity index (χ4n) is 2.37. The van der Waals surface area contributed by atoms with E-state index in [9.17, 15) is 10.4 Å². The van der Waals surface area contributed by atoms with E-state index in [1.54, 1.807) is 24.3 Å². The summed E-state index contributed by atoms with van der Waals surface area (Å²) in [5.74, 6) is 1.23. The molecule has 23 heavy (non-hydrogen) atoms. The van der Waals surface area contributed by atoms with Crippen LogP contribution in [-0.2, 0) is 6.54 Å². The molecular formula is C17H21N5O. The summed E-state index contributed by atoms with van der Waals surface area (Å²) in [6, 6.07) is 8.86. The van der Waals surface area contributed by atoms with Crippen molar-refractivity contribution < 1.29 is 5.11 Å². The van der Waals surface area contributed by atoms with Crippen LogP contribution in [0.2, 0.25) is 0 Å². The van der Waals surface area contributed by atoms with Crippen LogP contribution < -0.4 is 16.8 Å². The zero-order valence-electron chi connectivity index (χ0n) is 13.3. The molecule has 6 N–H and O–H groups in total. The lowest BCUT2D eigenvalue weighted by atomic mass is 9.95. The molecule has 1 aromatic heterocycles. The van der Waals surface area contributed by atoms with Crippen molar-refractivity contribution in [1.29, 1.82) is 5.26 Å². The van der Waals surface area contributed by atoms with Crippen LogP contribution in [0.5, 0.6) is 5.75 Å². The topological polar surface area (TPSA) is 121 Å². The number of hydrogen-bond donors (Lipinski definition) is 4. The predicted molar refractivity (Wildman–Crippen MR) is 91.7 cm³/mol. The minimum Gasteiger partial charge on any atom is -0.508 e. The number of rotatable bonds is 5. The number of nitrogens with zero attached hydrogens (tertiary/aromatic N) is 2. The van der Waals surface area contributed by atoms with E-state index in [0.717, 1.165) is 0 Å². The fraction of sp³-hybridized carbons (Fsp3) is 0.294. The van der Waals surface area contributed by atoms with Crippen molar-refractivity contribution in [1.82, 2.24) is 4.98 Å². The van der Waals surface area contributed by atoms with Gasteiger partial charge in [0, 0.05) is 24.2 Å². The maximum atomic E-state index is 9.74. The molecule has 1 aromatic carbocycles. The molecule has 0 fully saturated rings. The first-order valence-corrected chi connectivity index (χ1v) is 7.43. The Hall–Kier alpha value is -2.78. The van der Waals surface area contributed by atoms with Crippen molar-refractivity contribution in [3.8, 4) is 22.9 Å². The maximum Gasteiger partial charge on any atom is 0.147 e. The number of pyridine rings is 1. The van der Waals surface area contributed by atoms with E-state index in [-0.39, 0.29) is 18.1 Å². The molecule has 6 heteroatoms. The SMILES string of the molecule is CC(C)CNc1nc(N)c(CN)c(-c2cccc(O)c2)c1C#N. The summed E-state index contributed by atoms with van der Waals surface area (Å²) in [6.45, 7) is 4.95. The zero-order valence-corrected chi connectivity index (χ0v) is 13.3. The van der Waals surface area contributed by atoms with Gasteiger partial charge >= 0.3 is 0 Å². The molecule has 0 aliphatic heterocycles. The molecule has 120 valence electrons. The van der Waals surface area contributed by atoms with Gasteiger partial charge in [0.1, 0.15) is 29.0 Å². The lowest BCUT2D eigenvalue weighted by Crippen LogP contribution is -2.15. The van der Waals surface area contributed by atoms with Gasteiger partial charge in [-0.25, -0.2) is 4.98 Å². The number of phenolic OH excluding ortho intramolecular Hbond substituents is 1. The highest BCUT2D eigenvalue weighted by atomic mass is 16.3. The molecule has 1 heterocycles. The van der Waals surface area contributed by atoms with Crippen LogP contribution in [-0.4, -0.2) is 16.6 Å². The van der Waals surface area contributed by atoms with E-state index in [1.807, 2.05) is 0 Å². The van der Waals surface area contributed by atoms with E-state index in [2.05, 4.69) is 30.2 Å². The zero-order chi connectivity index (χ0) is 17.0. The molecule has 6 nitrogen and oxygen atoms in total. The minimum absolute atomic E-state index is 0.112. The third-order valence-electron chi connectivity index (χ3n) is 3.46. The van der Waals surface area contributed by atoms with Crippen molar-refractivity contribution in [2.24, 2.45) is 11.7 Å². The lowest BCUT2D eigenvalue weighted by molar-refractivity contribution is 0.475. The molecule has 0 aliphatic rings. The Morgan fingerprint density at radius 2 is 2.13 bits per heavy atom. The Labute approximate surface area is 135 Å². The Morgan fingerprint density at radius 1 is 1.39 bits per heavy atom. The van der Waals surface area contributed by atoms with Gasteiger partial charge < -0.3 is 21.9 Å². The predicted octanol–water partition coefficient (Wildman–Crippen LogP) is 2.43. The molecule has 0 radical (unpaired) electrons. The van der Waals surface area contributed by atoms with Crippen molar-refractivity contribution in [3.63, 3.8) is 0 Å². The summed E-state index contributed by atoms with van der Waals surface area (Å²) in [5, 5.41) is 22.5. The number of nitrogens with one attached hydrogen (secondary N) is 1. The highest BCUT2D eigenvalue weighted by Gasteiger charge is 2.19. The minimum atomic E-state index is 0.112. The second-order valence-corrected chi connectivity index (χ2v) is 5.72. The highest BCUT2D eigenvalue weighted by molar-refractivity contribution is 5.82. The number of phenols is 1. The molecule has 0 saturated heterocycles. The number of nitrogen functional groups attached to an aromatic ring is 1. The maximum absolute atomic E-state index is 9.74. The van der Waals surface area contributed by atoms with Crippen molar-refractivity contribution in [3.05, 3.63) is 35.4 Å². The second-order valence-electron chi connectivity index (χ2n) is 5.72. The van der Waals surface area contributed by atoms with Gasteiger partial charge in [-0.3, -0.25) is 0 Å². The fourth-order valence-corrected chi connectivity index (χ4v) is 2.37. The molecule has 2 rings (SSSR count). The summed E-state index contributed by atoms with van der Waals surface area (Å²) >= 11 is 0. The number of hydrogen-bond acceptors (Lipinski definition) is 6. The Kier molecular flexibility index (Phi) is 5.04. The summed E-state index contributed by atoms with van der Waals surface area (Å²) in [4.78, 5) is 4.30. The third-order valence-corrected chi connectivity index (χ3v) is 3.46. The molecule has 0 atom stereocenters. The summed E-state index contributed by atoms with van der Waals surface area (Å²) < 4.78 is 0. The average Bonchev–Trinajstić information content (AvgIpc) is 2.52. The van der Waals surface area contributed by atoms with E-state index < -0.39 is 0 Å². The average molecular weight is 311 g/mol. The number of aromatic nitrogens is 1. The second kappa shape index (κ2) is 6.99. The Bertz CT molecular complexity index is 749. The Balaban J connectivity index is 2.69. The first-order chi connectivity index (χ1) is 11.0. The first-order valence-electron chi connectivity index (χ1n) is 7.43. The van der Waals surface area contributed by atoms with Crippen LogP contribution in [0.1, 0.15) is 25.0 Å². The van der Waals surface area contributed by atoms with Gasteiger partial charge in [0.25, 0.3) is 0 Å². The monoisotopic (exact) mass is 311 g/mol. The van der Waals surface area contributed by atoms with Crippen molar-refractivity contribution in [2.75, 3.05) is 17.6 Å². The number of nitriles is 1. The number of anilines is 2. The van der Waals surface area contributed by atoms with Crippen LogP contribution in [0.15, 0.2) is 24.3 Å². The molecule has 2 aromatic rings. The smallest absolute Gasteiger partial charge is 0.147 e. The molecule has 0 bridgehead atoms. The van der Waals surface area contributed by atoms with Crippen LogP contribution in [0, 0.1) is 17.2 Å². The lowest BCUT2D eigenvalue weighted by Gasteiger charge is -2.17. The third kappa shape index (κ3) is 3.52. The van der Waals surface area contributed by atoms with E-state index in [1.165, 1.54) is 0 Å². The first kappa shape index (κ1) is 16.6. The van der Waals surface area contributed by atoms with E-state index in [4.69, 9.17) is 11.5 Å². The van der Waals surface area contributed by atoms with Crippen LogP contribution in [0.4, 0.5) is 11.6 Å². The van der Waals surface area contributed by atoms with E-state index in [0.29, 0.717) is 40.5 Å². The van der Waals surface area contributed by atoms with E-state index >= 15 is 0 Å². The molecule has 0 saturated carbocycles. The highest BCUT2D eigenvalue weighted by Crippen LogP contribution is 2.35. The summed E-state index contributed by atoms with van der Waals surface area (Å²) in [5.41, 5.74) is 14.1. The molecule has 0 amide bonds. The van der Waals surface area contributed by atoms with Crippen LogP contribution >= 0.6 is 0 Å². The van der Waals surface area contributed by atoms with Crippen molar-refractivity contribution >= 4 is 11.6 Å². The van der Waals surface area contributed by atoms with Gasteiger partial charge in [0.05, 0.1) is 0 Å². The van der Waals surface area contributed by atoms with Gasteiger partial charge in [-0.05, 0) is 23.6 Å². The van der Waals surface area contributed by atoms with Gasteiger partial charge in [-0.1, -0.05) is 26.0 Å². The molecular weight excluding hydrogens is 290 g/mol. The van der Waals surface area contributed by atoms with Gasteiger partial charge in [-0.15, -0.1) is 0 Å². The number of nitrogens with two attached hydrogens (primary N) is 2. The molecule has 0 unspecified atom stereocenters. The number of benzene rings is 1.